The predicted octanol–water partition coefficient (Wildman–Crippen LogP) is 7.38. The van der Waals surface area contributed by atoms with Crippen LogP contribution in [0.15, 0.2) is 64.5 Å². The van der Waals surface area contributed by atoms with E-state index < -0.39 is 53.2 Å². The minimum absolute atomic E-state index is 0.0328. The van der Waals surface area contributed by atoms with Crippen molar-refractivity contribution in [2.24, 2.45) is 4.99 Å². The largest absolute Gasteiger partial charge is 0.493 e. The van der Waals surface area contributed by atoms with Gasteiger partial charge in [-0.25, -0.2) is 8.78 Å². The highest BCUT2D eigenvalue weighted by molar-refractivity contribution is 8.18. The number of anilines is 1. The first-order chi connectivity index (χ1) is 21.2. The van der Waals surface area contributed by atoms with E-state index in [1.165, 1.54) is 37.4 Å². The van der Waals surface area contributed by atoms with Gasteiger partial charge in [0.1, 0.15) is 18.2 Å². The highest BCUT2D eigenvalue weighted by Gasteiger charge is 2.38. The highest BCUT2D eigenvalue weighted by Crippen LogP contribution is 2.39. The molecular formula is C30H23F8N3O3S. The van der Waals surface area contributed by atoms with Crippen molar-refractivity contribution in [3.05, 3.63) is 93.4 Å². The first kappa shape index (κ1) is 32.1. The number of halogens is 8. The summed E-state index contributed by atoms with van der Waals surface area (Å²) < 4.78 is 118. The van der Waals surface area contributed by atoms with E-state index >= 15 is 0 Å². The van der Waals surface area contributed by atoms with Gasteiger partial charge in [-0.2, -0.15) is 31.3 Å². The van der Waals surface area contributed by atoms with E-state index in [4.69, 9.17) is 9.47 Å². The van der Waals surface area contributed by atoms with E-state index in [1.54, 1.807) is 11.0 Å². The average Bonchev–Trinajstić information content (AvgIpc) is 3.35. The number of carbonyl (C=O) groups excluding carboxylic acids is 1. The molecule has 3 aromatic rings. The van der Waals surface area contributed by atoms with Gasteiger partial charge in [-0.05, 0) is 59.8 Å². The standard InChI is InChI=1S/C30H23F8N3O3S/c1-43-25-12-17(2-7-24(25)44-16-18-3-4-19(29(33,34)35)14-21(18)30(36,37)38)13-26-27(42)39-28(45-26)41-10-8-40(9-11-41)23-6-5-20(31)15-22(23)32/h2-7,12-15H,8-11,16H2,1H3. The lowest BCUT2D eigenvalue weighted by Gasteiger charge is -2.36. The summed E-state index contributed by atoms with van der Waals surface area (Å²) in [4.78, 5) is 20.7. The van der Waals surface area contributed by atoms with Crippen LogP contribution in [0.25, 0.3) is 6.08 Å². The summed E-state index contributed by atoms with van der Waals surface area (Å²) in [5.74, 6) is -1.66. The summed E-state index contributed by atoms with van der Waals surface area (Å²) in [7, 11) is 1.30. The van der Waals surface area contributed by atoms with Gasteiger partial charge in [0.2, 0.25) is 0 Å². The second-order valence-electron chi connectivity index (χ2n) is 9.95. The molecule has 1 saturated heterocycles. The molecule has 45 heavy (non-hydrogen) atoms. The molecule has 0 atom stereocenters. The maximum absolute atomic E-state index is 14.2. The van der Waals surface area contributed by atoms with Crippen LogP contribution in [-0.2, 0) is 23.8 Å². The molecule has 2 aliphatic heterocycles. The fourth-order valence-electron chi connectivity index (χ4n) is 4.75. The molecule has 5 rings (SSSR count). The molecule has 2 aliphatic rings. The van der Waals surface area contributed by atoms with Crippen molar-refractivity contribution in [3.63, 3.8) is 0 Å². The zero-order valence-corrected chi connectivity index (χ0v) is 24.1. The third-order valence-electron chi connectivity index (χ3n) is 7.02. The molecule has 0 N–H and O–H groups in total. The van der Waals surface area contributed by atoms with Crippen LogP contribution in [0.2, 0.25) is 0 Å². The number of amidine groups is 1. The van der Waals surface area contributed by atoms with Crippen LogP contribution in [-0.4, -0.2) is 49.3 Å². The molecule has 238 valence electrons. The number of hydrogen-bond donors (Lipinski definition) is 0. The average molecular weight is 658 g/mol. The van der Waals surface area contributed by atoms with Gasteiger partial charge in [0.25, 0.3) is 5.91 Å². The van der Waals surface area contributed by atoms with Gasteiger partial charge in [-0.1, -0.05) is 12.1 Å². The molecule has 1 amide bonds. The Morgan fingerprint density at radius 3 is 2.22 bits per heavy atom. The number of aliphatic imine (C=N–C) groups is 1. The number of methoxy groups -OCH3 is 1. The molecule has 6 nitrogen and oxygen atoms in total. The lowest BCUT2D eigenvalue weighted by molar-refractivity contribution is -0.143. The van der Waals surface area contributed by atoms with Crippen LogP contribution >= 0.6 is 11.8 Å². The molecule has 0 radical (unpaired) electrons. The van der Waals surface area contributed by atoms with Crippen molar-refractivity contribution in [1.82, 2.24) is 4.90 Å². The second-order valence-corrected chi connectivity index (χ2v) is 11.0. The minimum Gasteiger partial charge on any atom is -0.493 e. The van der Waals surface area contributed by atoms with E-state index in [-0.39, 0.29) is 23.3 Å². The minimum atomic E-state index is -5.04. The third kappa shape index (κ3) is 7.35. The quantitative estimate of drug-likeness (QED) is 0.204. The molecule has 0 spiro atoms. The molecule has 0 aliphatic carbocycles. The van der Waals surface area contributed by atoms with Crippen molar-refractivity contribution in [2.75, 3.05) is 38.2 Å². The lowest BCUT2D eigenvalue weighted by atomic mass is 10.0. The number of nitrogens with zero attached hydrogens (tertiary/aromatic N) is 3. The molecule has 0 unspecified atom stereocenters. The van der Waals surface area contributed by atoms with E-state index in [1.807, 2.05) is 4.90 Å². The Hall–Kier alpha value is -4.27. The second kappa shape index (κ2) is 12.6. The van der Waals surface area contributed by atoms with Gasteiger partial charge in [-0.3, -0.25) is 4.79 Å². The Morgan fingerprint density at radius 1 is 0.867 bits per heavy atom. The molecule has 0 aromatic heterocycles. The number of hydrogen-bond acceptors (Lipinski definition) is 6. The Labute approximate surface area is 255 Å². The third-order valence-corrected chi connectivity index (χ3v) is 8.07. The summed E-state index contributed by atoms with van der Waals surface area (Å²) in [5, 5.41) is 0.467. The number of alkyl halides is 6. The van der Waals surface area contributed by atoms with E-state index in [0.717, 1.165) is 23.9 Å². The number of amides is 1. The van der Waals surface area contributed by atoms with Gasteiger partial charge in [0, 0.05) is 37.8 Å². The van der Waals surface area contributed by atoms with Crippen molar-refractivity contribution in [3.8, 4) is 11.5 Å². The summed E-state index contributed by atoms with van der Waals surface area (Å²) in [5.41, 5.74) is -2.61. The smallest absolute Gasteiger partial charge is 0.416 e. The fraction of sp³-hybridized carbons (Fsp3) is 0.267. The number of rotatable bonds is 6. The molecule has 3 aromatic carbocycles. The van der Waals surface area contributed by atoms with Crippen molar-refractivity contribution in [2.45, 2.75) is 19.0 Å². The van der Waals surface area contributed by atoms with Gasteiger partial charge in [-0.15, -0.1) is 0 Å². The number of carbonyl (C=O) groups is 1. The summed E-state index contributed by atoms with van der Waals surface area (Å²) in [6, 6.07) is 9.14. The molecule has 1 fully saturated rings. The van der Waals surface area contributed by atoms with Gasteiger partial charge in [0.05, 0.1) is 28.8 Å². The van der Waals surface area contributed by atoms with Gasteiger partial charge in [0.15, 0.2) is 16.7 Å². The van der Waals surface area contributed by atoms with Crippen molar-refractivity contribution < 1.29 is 49.4 Å². The molecule has 15 heteroatoms. The molecule has 2 heterocycles. The summed E-state index contributed by atoms with van der Waals surface area (Å²) >= 11 is 1.14. The first-order valence-electron chi connectivity index (χ1n) is 13.3. The van der Waals surface area contributed by atoms with Crippen LogP contribution in [0.5, 0.6) is 11.5 Å². The Kier molecular flexibility index (Phi) is 9.01. The molecule has 0 saturated carbocycles. The van der Waals surface area contributed by atoms with Gasteiger partial charge < -0.3 is 19.3 Å². The van der Waals surface area contributed by atoms with Crippen LogP contribution in [0.1, 0.15) is 22.3 Å². The lowest BCUT2D eigenvalue weighted by Crippen LogP contribution is -2.48. The summed E-state index contributed by atoms with van der Waals surface area (Å²) in [6.45, 7) is 1.04. The predicted molar refractivity (Wildman–Crippen MR) is 152 cm³/mol. The van der Waals surface area contributed by atoms with Crippen LogP contribution < -0.4 is 14.4 Å². The number of benzene rings is 3. The fourth-order valence-corrected chi connectivity index (χ4v) is 5.72. The zero-order valence-electron chi connectivity index (χ0n) is 23.3. The highest BCUT2D eigenvalue weighted by atomic mass is 32.2. The number of thioether (sulfide) groups is 1. The van der Waals surface area contributed by atoms with E-state index in [9.17, 15) is 39.9 Å². The Morgan fingerprint density at radius 2 is 1.58 bits per heavy atom. The summed E-state index contributed by atoms with van der Waals surface area (Å²) in [6.07, 6.45) is -8.43. The van der Waals surface area contributed by atoms with E-state index in [0.29, 0.717) is 47.9 Å². The first-order valence-corrected chi connectivity index (χ1v) is 14.1. The van der Waals surface area contributed by atoms with Gasteiger partial charge >= 0.3 is 12.4 Å². The SMILES string of the molecule is COc1cc(C=C2SC(N3CCN(c4ccc(F)cc4F)CC3)=NC2=O)ccc1OCc1ccc(C(F)(F)F)cc1C(F)(F)F. The maximum Gasteiger partial charge on any atom is 0.416 e. The zero-order chi connectivity index (χ0) is 32.5. The van der Waals surface area contributed by atoms with Crippen LogP contribution in [0.4, 0.5) is 40.8 Å². The topological polar surface area (TPSA) is 54.4 Å². The van der Waals surface area contributed by atoms with Crippen LogP contribution in [0.3, 0.4) is 0 Å². The number of ether oxygens (including phenoxy) is 2. The van der Waals surface area contributed by atoms with Crippen molar-refractivity contribution in [1.29, 1.82) is 0 Å². The Bertz CT molecular complexity index is 1670. The molecule has 0 bridgehead atoms. The Balaban J connectivity index is 1.24. The maximum atomic E-state index is 14.2. The van der Waals surface area contributed by atoms with Crippen LogP contribution in [0, 0.1) is 11.6 Å². The van der Waals surface area contributed by atoms with E-state index in [2.05, 4.69) is 4.99 Å². The number of piperazine rings is 1. The normalized spacial score (nSPS) is 16.8. The molecular weight excluding hydrogens is 634 g/mol. The van der Waals surface area contributed by atoms with Crippen molar-refractivity contribution >= 4 is 34.6 Å². The monoisotopic (exact) mass is 657 g/mol.